The molecule has 0 fully saturated rings. The summed E-state index contributed by atoms with van der Waals surface area (Å²) in [5.74, 6) is -0.824. The molecule has 0 spiro atoms. The smallest absolute Gasteiger partial charge is 0.323 e. The highest BCUT2D eigenvalue weighted by atomic mass is 16.5. The standard InChI is InChI=1S/C23H44O4/c1-7-9-10-11-12-13-20(8-2)27-22(26)23(21(24)25,16-14-18(3)4)17-15-19(5)6/h18-20H,7-17H2,1-6H3,(H,24,25). The zero-order valence-corrected chi connectivity index (χ0v) is 18.7. The molecule has 1 atom stereocenters. The number of esters is 1. The summed E-state index contributed by atoms with van der Waals surface area (Å²) < 4.78 is 5.78. The first kappa shape index (κ1) is 25.9. The van der Waals surface area contributed by atoms with Gasteiger partial charge < -0.3 is 9.84 Å². The molecule has 0 amide bonds. The molecule has 160 valence electrons. The van der Waals surface area contributed by atoms with Crippen molar-refractivity contribution in [3.63, 3.8) is 0 Å². The van der Waals surface area contributed by atoms with Gasteiger partial charge >= 0.3 is 11.9 Å². The van der Waals surface area contributed by atoms with Crippen LogP contribution in [0, 0.1) is 17.3 Å². The average Bonchev–Trinajstić information content (AvgIpc) is 2.59. The summed E-state index contributed by atoms with van der Waals surface area (Å²) in [5.41, 5.74) is -1.40. The van der Waals surface area contributed by atoms with Crippen molar-refractivity contribution >= 4 is 11.9 Å². The molecule has 1 unspecified atom stereocenters. The zero-order valence-electron chi connectivity index (χ0n) is 18.7. The van der Waals surface area contributed by atoms with Gasteiger partial charge in [0.05, 0.1) is 0 Å². The Morgan fingerprint density at radius 3 is 1.78 bits per heavy atom. The average molecular weight is 385 g/mol. The Kier molecular flexibility index (Phi) is 13.5. The third-order valence-corrected chi connectivity index (χ3v) is 5.46. The molecule has 0 aromatic rings. The first-order chi connectivity index (χ1) is 12.7. The molecule has 1 N–H and O–H groups in total. The van der Waals surface area contributed by atoms with E-state index in [1.165, 1.54) is 19.3 Å². The molecular weight excluding hydrogens is 340 g/mol. The highest BCUT2D eigenvalue weighted by molar-refractivity contribution is 5.99. The van der Waals surface area contributed by atoms with Gasteiger partial charge in [0.1, 0.15) is 6.10 Å². The van der Waals surface area contributed by atoms with Crippen LogP contribution < -0.4 is 0 Å². The fourth-order valence-corrected chi connectivity index (χ4v) is 3.29. The highest BCUT2D eigenvalue weighted by Crippen LogP contribution is 2.36. The van der Waals surface area contributed by atoms with Gasteiger partial charge in [-0.3, -0.25) is 9.59 Å². The van der Waals surface area contributed by atoms with Crippen LogP contribution in [0.5, 0.6) is 0 Å². The van der Waals surface area contributed by atoms with Crippen molar-refractivity contribution in [2.45, 2.75) is 118 Å². The van der Waals surface area contributed by atoms with Crippen LogP contribution in [0.1, 0.15) is 112 Å². The molecular formula is C23H44O4. The molecule has 4 nitrogen and oxygen atoms in total. The lowest BCUT2D eigenvalue weighted by atomic mass is 9.76. The Labute approximate surface area is 167 Å². The van der Waals surface area contributed by atoms with Gasteiger partial charge in [0, 0.05) is 0 Å². The Balaban J connectivity index is 5.07. The number of hydrogen-bond donors (Lipinski definition) is 1. The van der Waals surface area contributed by atoms with Gasteiger partial charge in [0.2, 0.25) is 0 Å². The number of rotatable bonds is 16. The molecule has 0 heterocycles. The molecule has 4 heteroatoms. The van der Waals surface area contributed by atoms with Crippen molar-refractivity contribution in [1.29, 1.82) is 0 Å². The molecule has 0 saturated heterocycles. The summed E-state index contributed by atoms with van der Waals surface area (Å²) in [7, 11) is 0. The Bertz CT molecular complexity index is 403. The number of hydrogen-bond acceptors (Lipinski definition) is 3. The van der Waals surface area contributed by atoms with E-state index in [0.29, 0.717) is 37.5 Å². The molecule has 0 saturated carbocycles. The molecule has 0 aliphatic heterocycles. The number of aliphatic carboxylic acids is 1. The SMILES string of the molecule is CCCCCCCC(CC)OC(=O)C(CCC(C)C)(CCC(C)C)C(=O)O. The van der Waals surface area contributed by atoms with Gasteiger partial charge in [-0.25, -0.2) is 0 Å². The minimum absolute atomic E-state index is 0.170. The fourth-order valence-electron chi connectivity index (χ4n) is 3.29. The maximum Gasteiger partial charge on any atom is 0.323 e. The molecule has 0 radical (unpaired) electrons. The molecule has 0 aromatic carbocycles. The van der Waals surface area contributed by atoms with Crippen molar-refractivity contribution in [3.05, 3.63) is 0 Å². The van der Waals surface area contributed by atoms with Crippen LogP contribution in [0.2, 0.25) is 0 Å². The molecule has 0 aromatic heterocycles. The van der Waals surface area contributed by atoms with E-state index in [1.807, 2.05) is 6.92 Å². The van der Waals surface area contributed by atoms with E-state index in [-0.39, 0.29) is 6.10 Å². The minimum Gasteiger partial charge on any atom is -0.480 e. The lowest BCUT2D eigenvalue weighted by Gasteiger charge is -2.30. The summed E-state index contributed by atoms with van der Waals surface area (Å²) in [6, 6.07) is 0. The van der Waals surface area contributed by atoms with Gasteiger partial charge in [0.15, 0.2) is 5.41 Å². The summed E-state index contributed by atoms with van der Waals surface area (Å²) in [6.45, 7) is 12.4. The summed E-state index contributed by atoms with van der Waals surface area (Å²) in [5, 5.41) is 9.98. The van der Waals surface area contributed by atoms with E-state index in [0.717, 1.165) is 25.7 Å². The lowest BCUT2D eigenvalue weighted by Crippen LogP contribution is -2.43. The number of carbonyl (C=O) groups excluding carboxylic acids is 1. The first-order valence-corrected chi connectivity index (χ1v) is 11.1. The number of carbonyl (C=O) groups is 2. The predicted octanol–water partition coefficient (Wildman–Crippen LogP) is 6.61. The van der Waals surface area contributed by atoms with Gasteiger partial charge in [-0.05, 0) is 56.8 Å². The van der Waals surface area contributed by atoms with Gasteiger partial charge in [0.25, 0.3) is 0 Å². The van der Waals surface area contributed by atoms with Crippen LogP contribution in [-0.4, -0.2) is 23.1 Å². The van der Waals surface area contributed by atoms with Gasteiger partial charge in [-0.15, -0.1) is 0 Å². The van der Waals surface area contributed by atoms with Crippen molar-refractivity contribution in [3.8, 4) is 0 Å². The topological polar surface area (TPSA) is 63.6 Å². The molecule has 0 aliphatic carbocycles. The maximum absolute atomic E-state index is 13.0. The van der Waals surface area contributed by atoms with E-state index in [9.17, 15) is 14.7 Å². The quantitative estimate of drug-likeness (QED) is 0.185. The monoisotopic (exact) mass is 384 g/mol. The largest absolute Gasteiger partial charge is 0.480 e. The normalized spacial score (nSPS) is 13.2. The van der Waals surface area contributed by atoms with E-state index in [1.54, 1.807) is 0 Å². The molecule has 27 heavy (non-hydrogen) atoms. The van der Waals surface area contributed by atoms with Crippen molar-refractivity contribution in [1.82, 2.24) is 0 Å². The van der Waals surface area contributed by atoms with E-state index < -0.39 is 17.4 Å². The van der Waals surface area contributed by atoms with Crippen molar-refractivity contribution in [2.75, 3.05) is 0 Å². The highest BCUT2D eigenvalue weighted by Gasteiger charge is 2.47. The fraction of sp³-hybridized carbons (Fsp3) is 0.913. The summed E-state index contributed by atoms with van der Waals surface area (Å²) in [6.07, 6.45) is 9.38. The Morgan fingerprint density at radius 1 is 0.852 bits per heavy atom. The van der Waals surface area contributed by atoms with E-state index in [2.05, 4.69) is 34.6 Å². The van der Waals surface area contributed by atoms with Crippen molar-refractivity contribution in [2.24, 2.45) is 17.3 Å². The van der Waals surface area contributed by atoms with Crippen LogP contribution >= 0.6 is 0 Å². The minimum atomic E-state index is -1.40. The first-order valence-electron chi connectivity index (χ1n) is 11.1. The number of carboxylic acid groups (broad SMARTS) is 1. The predicted molar refractivity (Wildman–Crippen MR) is 112 cm³/mol. The second-order valence-electron chi connectivity index (χ2n) is 8.89. The molecule has 0 aliphatic rings. The number of unbranched alkanes of at least 4 members (excludes halogenated alkanes) is 4. The van der Waals surface area contributed by atoms with Crippen molar-refractivity contribution < 1.29 is 19.4 Å². The summed E-state index contributed by atoms with van der Waals surface area (Å²) in [4.78, 5) is 25.2. The number of ether oxygens (including phenoxy) is 1. The van der Waals surface area contributed by atoms with Crippen LogP contribution in [0.3, 0.4) is 0 Å². The zero-order chi connectivity index (χ0) is 20.9. The number of carboxylic acids is 1. The lowest BCUT2D eigenvalue weighted by molar-refractivity contribution is -0.174. The third kappa shape index (κ3) is 10.2. The summed E-state index contributed by atoms with van der Waals surface area (Å²) >= 11 is 0. The van der Waals surface area contributed by atoms with Crippen LogP contribution in [0.15, 0.2) is 0 Å². The second kappa shape index (κ2) is 14.0. The second-order valence-corrected chi connectivity index (χ2v) is 8.89. The van der Waals surface area contributed by atoms with Crippen LogP contribution in [0.25, 0.3) is 0 Å². The van der Waals surface area contributed by atoms with E-state index in [4.69, 9.17) is 4.74 Å². The van der Waals surface area contributed by atoms with Gasteiger partial charge in [-0.2, -0.15) is 0 Å². The van der Waals surface area contributed by atoms with Crippen LogP contribution in [-0.2, 0) is 14.3 Å². The maximum atomic E-state index is 13.0. The van der Waals surface area contributed by atoms with Gasteiger partial charge in [-0.1, -0.05) is 67.2 Å². The third-order valence-electron chi connectivity index (χ3n) is 5.46. The van der Waals surface area contributed by atoms with Crippen LogP contribution in [0.4, 0.5) is 0 Å². The molecule has 0 bridgehead atoms. The Morgan fingerprint density at radius 2 is 1.37 bits per heavy atom. The Hall–Kier alpha value is -1.06. The molecule has 0 rings (SSSR count). The van der Waals surface area contributed by atoms with E-state index >= 15 is 0 Å².